The largest absolute Gasteiger partial charge is 0.481 e. The van der Waals surface area contributed by atoms with E-state index in [4.69, 9.17) is 15.2 Å². The molecule has 0 aliphatic carbocycles. The summed E-state index contributed by atoms with van der Waals surface area (Å²) < 4.78 is 10.5. The van der Waals surface area contributed by atoms with Crippen LogP contribution in [0.15, 0.2) is 6.07 Å². The van der Waals surface area contributed by atoms with Gasteiger partial charge in [-0.2, -0.15) is 9.97 Å². The van der Waals surface area contributed by atoms with Crippen LogP contribution in [-0.2, 0) is 4.74 Å². The summed E-state index contributed by atoms with van der Waals surface area (Å²) >= 11 is 0. The standard InChI is InChI=1S/C14H23N5O3/c1-14(2,3)22-13(20)19-7-5-18(6-8-19)10-9-11(21-4)17-12(15)16-10/h9H,5-8H2,1-4H3,(H2,15,16,17). The van der Waals surface area contributed by atoms with Gasteiger partial charge in [-0.3, -0.25) is 0 Å². The van der Waals surface area contributed by atoms with E-state index in [-0.39, 0.29) is 12.0 Å². The number of rotatable bonds is 2. The lowest BCUT2D eigenvalue weighted by atomic mass is 10.2. The zero-order valence-corrected chi connectivity index (χ0v) is 13.5. The van der Waals surface area contributed by atoms with Crippen molar-refractivity contribution >= 4 is 17.9 Å². The number of anilines is 2. The van der Waals surface area contributed by atoms with Crippen LogP contribution >= 0.6 is 0 Å². The summed E-state index contributed by atoms with van der Waals surface area (Å²) in [6.45, 7) is 8.02. The fourth-order valence-electron chi connectivity index (χ4n) is 2.14. The van der Waals surface area contributed by atoms with Gasteiger partial charge in [-0.25, -0.2) is 4.79 Å². The Bertz CT molecular complexity index is 536. The van der Waals surface area contributed by atoms with Gasteiger partial charge in [0.15, 0.2) is 0 Å². The molecule has 22 heavy (non-hydrogen) atoms. The van der Waals surface area contributed by atoms with Crippen LogP contribution in [0.2, 0.25) is 0 Å². The molecule has 0 radical (unpaired) electrons. The number of ether oxygens (including phenoxy) is 2. The molecule has 8 nitrogen and oxygen atoms in total. The van der Waals surface area contributed by atoms with E-state index >= 15 is 0 Å². The van der Waals surface area contributed by atoms with Crippen LogP contribution in [0.25, 0.3) is 0 Å². The third-order valence-electron chi connectivity index (χ3n) is 3.17. The van der Waals surface area contributed by atoms with Gasteiger partial charge in [0.2, 0.25) is 11.8 Å². The van der Waals surface area contributed by atoms with Crippen molar-refractivity contribution < 1.29 is 14.3 Å². The molecule has 0 bridgehead atoms. The van der Waals surface area contributed by atoms with Crippen molar-refractivity contribution in [2.45, 2.75) is 26.4 Å². The number of piperazine rings is 1. The zero-order valence-electron chi connectivity index (χ0n) is 13.5. The van der Waals surface area contributed by atoms with Crippen molar-refractivity contribution in [2.75, 3.05) is 43.9 Å². The Kier molecular flexibility index (Phi) is 4.58. The first-order chi connectivity index (χ1) is 10.3. The Hall–Kier alpha value is -2.25. The molecule has 2 rings (SSSR count). The molecule has 1 aliphatic rings. The summed E-state index contributed by atoms with van der Waals surface area (Å²) in [7, 11) is 1.53. The molecule has 8 heteroatoms. The Labute approximate surface area is 130 Å². The molecular formula is C14H23N5O3. The van der Waals surface area contributed by atoms with E-state index in [0.29, 0.717) is 37.9 Å². The van der Waals surface area contributed by atoms with Crippen LogP contribution in [-0.4, -0.2) is 59.9 Å². The number of methoxy groups -OCH3 is 1. The van der Waals surface area contributed by atoms with Gasteiger partial charge < -0.3 is 25.0 Å². The van der Waals surface area contributed by atoms with Crippen molar-refractivity contribution in [1.82, 2.24) is 14.9 Å². The Morgan fingerprint density at radius 1 is 1.23 bits per heavy atom. The molecule has 1 aromatic rings. The van der Waals surface area contributed by atoms with E-state index in [1.807, 2.05) is 25.7 Å². The first kappa shape index (κ1) is 16.1. The summed E-state index contributed by atoms with van der Waals surface area (Å²) in [5, 5.41) is 0. The maximum absolute atomic E-state index is 12.0. The highest BCUT2D eigenvalue weighted by Gasteiger charge is 2.26. The molecule has 0 aromatic carbocycles. The molecule has 122 valence electrons. The molecule has 0 saturated carbocycles. The normalized spacial score (nSPS) is 15.6. The summed E-state index contributed by atoms with van der Waals surface area (Å²) in [5.74, 6) is 1.30. The second-order valence-corrected chi connectivity index (χ2v) is 6.08. The first-order valence-electron chi connectivity index (χ1n) is 7.20. The third-order valence-corrected chi connectivity index (χ3v) is 3.17. The van der Waals surface area contributed by atoms with E-state index in [0.717, 1.165) is 0 Å². The van der Waals surface area contributed by atoms with Crippen molar-refractivity contribution in [3.05, 3.63) is 6.07 Å². The lowest BCUT2D eigenvalue weighted by molar-refractivity contribution is 0.0240. The van der Waals surface area contributed by atoms with Crippen molar-refractivity contribution in [2.24, 2.45) is 0 Å². The molecule has 0 spiro atoms. The molecule has 1 aromatic heterocycles. The topological polar surface area (TPSA) is 93.8 Å². The molecular weight excluding hydrogens is 286 g/mol. The fourth-order valence-corrected chi connectivity index (χ4v) is 2.14. The number of hydrogen-bond acceptors (Lipinski definition) is 7. The summed E-state index contributed by atoms with van der Waals surface area (Å²) in [5.41, 5.74) is 5.19. The monoisotopic (exact) mass is 309 g/mol. The fraction of sp³-hybridized carbons (Fsp3) is 0.643. The van der Waals surface area contributed by atoms with E-state index in [1.165, 1.54) is 7.11 Å². The number of nitrogens with two attached hydrogens (primary N) is 1. The van der Waals surface area contributed by atoms with Gasteiger partial charge in [-0.1, -0.05) is 0 Å². The lowest BCUT2D eigenvalue weighted by Gasteiger charge is -2.36. The van der Waals surface area contributed by atoms with E-state index in [9.17, 15) is 4.79 Å². The van der Waals surface area contributed by atoms with Gasteiger partial charge in [-0.15, -0.1) is 0 Å². The first-order valence-corrected chi connectivity index (χ1v) is 7.20. The van der Waals surface area contributed by atoms with Crippen molar-refractivity contribution in [3.63, 3.8) is 0 Å². The maximum atomic E-state index is 12.0. The Balaban J connectivity index is 1.97. The lowest BCUT2D eigenvalue weighted by Crippen LogP contribution is -2.50. The molecule has 0 atom stereocenters. The molecule has 1 saturated heterocycles. The van der Waals surface area contributed by atoms with Crippen molar-refractivity contribution in [1.29, 1.82) is 0 Å². The number of amides is 1. The molecule has 2 heterocycles. The van der Waals surface area contributed by atoms with E-state index < -0.39 is 5.60 Å². The molecule has 1 fully saturated rings. The molecule has 1 aliphatic heterocycles. The van der Waals surface area contributed by atoms with Gasteiger partial charge in [0, 0.05) is 32.2 Å². The minimum absolute atomic E-state index is 0.170. The number of nitrogen functional groups attached to an aromatic ring is 1. The van der Waals surface area contributed by atoms with Crippen LogP contribution in [0.4, 0.5) is 16.6 Å². The number of aromatic nitrogens is 2. The van der Waals surface area contributed by atoms with Crippen LogP contribution < -0.4 is 15.4 Å². The highest BCUT2D eigenvalue weighted by atomic mass is 16.6. The van der Waals surface area contributed by atoms with Gasteiger partial charge >= 0.3 is 6.09 Å². The molecule has 2 N–H and O–H groups in total. The SMILES string of the molecule is COc1cc(N2CCN(C(=O)OC(C)(C)C)CC2)nc(N)n1. The van der Waals surface area contributed by atoms with E-state index in [2.05, 4.69) is 9.97 Å². The van der Waals surface area contributed by atoms with Gasteiger partial charge in [0.25, 0.3) is 0 Å². The second kappa shape index (κ2) is 6.25. The minimum atomic E-state index is -0.483. The highest BCUT2D eigenvalue weighted by molar-refractivity contribution is 5.68. The summed E-state index contributed by atoms with van der Waals surface area (Å²) in [6.07, 6.45) is -0.285. The summed E-state index contributed by atoms with van der Waals surface area (Å²) in [4.78, 5) is 23.9. The number of carbonyl (C=O) groups excluding carboxylic acids is 1. The van der Waals surface area contributed by atoms with Crippen molar-refractivity contribution in [3.8, 4) is 5.88 Å². The quantitative estimate of drug-likeness (QED) is 0.875. The predicted molar refractivity (Wildman–Crippen MR) is 83.0 cm³/mol. The average molecular weight is 309 g/mol. The number of carbonyl (C=O) groups is 1. The Morgan fingerprint density at radius 3 is 2.41 bits per heavy atom. The maximum Gasteiger partial charge on any atom is 0.410 e. The van der Waals surface area contributed by atoms with Crippen LogP contribution in [0.1, 0.15) is 20.8 Å². The second-order valence-electron chi connectivity index (χ2n) is 6.08. The van der Waals surface area contributed by atoms with Crippen LogP contribution in [0.5, 0.6) is 5.88 Å². The third kappa shape index (κ3) is 4.12. The zero-order chi connectivity index (χ0) is 16.3. The Morgan fingerprint density at radius 2 is 1.86 bits per heavy atom. The summed E-state index contributed by atoms with van der Waals surface area (Å²) in [6, 6.07) is 1.74. The molecule has 0 unspecified atom stereocenters. The van der Waals surface area contributed by atoms with Gasteiger partial charge in [-0.05, 0) is 20.8 Å². The van der Waals surface area contributed by atoms with E-state index in [1.54, 1.807) is 11.0 Å². The van der Waals surface area contributed by atoms with Crippen LogP contribution in [0.3, 0.4) is 0 Å². The molecule has 1 amide bonds. The number of nitrogens with zero attached hydrogens (tertiary/aromatic N) is 4. The highest BCUT2D eigenvalue weighted by Crippen LogP contribution is 2.20. The van der Waals surface area contributed by atoms with Crippen LogP contribution in [0, 0.1) is 0 Å². The predicted octanol–water partition coefficient (Wildman–Crippen LogP) is 1.12. The van der Waals surface area contributed by atoms with Gasteiger partial charge in [0.05, 0.1) is 7.11 Å². The average Bonchev–Trinajstić information content (AvgIpc) is 2.45. The number of hydrogen-bond donors (Lipinski definition) is 1. The smallest absolute Gasteiger partial charge is 0.410 e. The minimum Gasteiger partial charge on any atom is -0.481 e. The van der Waals surface area contributed by atoms with Gasteiger partial charge in [0.1, 0.15) is 11.4 Å².